The lowest BCUT2D eigenvalue weighted by Crippen LogP contribution is -2.44. The molecule has 2 fully saturated rings. The summed E-state index contributed by atoms with van der Waals surface area (Å²) in [7, 11) is 0. The predicted molar refractivity (Wildman–Crippen MR) is 104 cm³/mol. The molecule has 0 unspecified atom stereocenters. The number of benzene rings is 1. The van der Waals surface area contributed by atoms with Gasteiger partial charge in [0.15, 0.2) is 0 Å². The first-order chi connectivity index (χ1) is 13.7. The van der Waals surface area contributed by atoms with Crippen molar-refractivity contribution < 1.29 is 9.53 Å². The predicted octanol–water partition coefficient (Wildman–Crippen LogP) is 0.720. The molecule has 28 heavy (non-hydrogen) atoms. The monoisotopic (exact) mass is 385 g/mol. The lowest BCUT2D eigenvalue weighted by molar-refractivity contribution is -0.136. The minimum absolute atomic E-state index is 0.0108. The van der Waals surface area contributed by atoms with Crippen LogP contribution >= 0.6 is 0 Å². The molecule has 2 saturated heterocycles. The summed E-state index contributed by atoms with van der Waals surface area (Å²) in [6.07, 6.45) is 3.01. The van der Waals surface area contributed by atoms with Crippen molar-refractivity contribution in [3.05, 3.63) is 46.6 Å². The number of amides is 1. The van der Waals surface area contributed by atoms with E-state index in [9.17, 15) is 9.59 Å². The molecule has 1 amide bonds. The number of rotatable bonds is 5. The van der Waals surface area contributed by atoms with E-state index in [4.69, 9.17) is 4.74 Å². The van der Waals surface area contributed by atoms with Crippen molar-refractivity contribution in [1.29, 1.82) is 0 Å². The van der Waals surface area contributed by atoms with E-state index in [0.29, 0.717) is 18.9 Å². The maximum Gasteiger partial charge on any atom is 0.347 e. The van der Waals surface area contributed by atoms with Gasteiger partial charge in [0.25, 0.3) is 0 Å². The standard InChI is InChI=1S/C20H27N5O3/c26-19(13-17-14-21-8-11-28-17)24-9-6-15(7-10-24)12-18-22-23-20(27)25(18)16-4-2-1-3-5-16/h1-5,15,17,21H,6-14H2,(H,23,27)/t17-/m1/s1. The second-order valence-electron chi connectivity index (χ2n) is 7.55. The first-order valence-corrected chi connectivity index (χ1v) is 10.0. The van der Waals surface area contributed by atoms with Crippen LogP contribution in [0.15, 0.2) is 35.1 Å². The van der Waals surface area contributed by atoms with E-state index in [2.05, 4.69) is 15.5 Å². The number of carbonyl (C=O) groups excluding carboxylic acids is 1. The molecule has 8 heteroatoms. The molecule has 4 rings (SSSR count). The third kappa shape index (κ3) is 4.34. The quantitative estimate of drug-likeness (QED) is 0.791. The summed E-state index contributed by atoms with van der Waals surface area (Å²) < 4.78 is 7.29. The number of para-hydroxylation sites is 1. The Labute approximate surface area is 163 Å². The van der Waals surface area contributed by atoms with Crippen molar-refractivity contribution in [2.75, 3.05) is 32.8 Å². The van der Waals surface area contributed by atoms with Crippen molar-refractivity contribution in [1.82, 2.24) is 25.0 Å². The summed E-state index contributed by atoms with van der Waals surface area (Å²) in [4.78, 5) is 26.7. The van der Waals surface area contributed by atoms with Gasteiger partial charge in [-0.2, -0.15) is 5.10 Å². The van der Waals surface area contributed by atoms with Crippen LogP contribution in [0.1, 0.15) is 25.1 Å². The van der Waals surface area contributed by atoms with Crippen molar-refractivity contribution in [3.63, 3.8) is 0 Å². The highest BCUT2D eigenvalue weighted by atomic mass is 16.5. The highest BCUT2D eigenvalue weighted by molar-refractivity contribution is 5.76. The fourth-order valence-electron chi connectivity index (χ4n) is 4.03. The van der Waals surface area contributed by atoms with E-state index in [1.165, 1.54) is 0 Å². The number of aromatic nitrogens is 3. The number of piperidine rings is 1. The normalized spacial score (nSPS) is 21.0. The first kappa shape index (κ1) is 18.9. The summed E-state index contributed by atoms with van der Waals surface area (Å²) >= 11 is 0. The van der Waals surface area contributed by atoms with Gasteiger partial charge in [-0.15, -0.1) is 0 Å². The molecular formula is C20H27N5O3. The number of morpholine rings is 1. The molecule has 2 aliphatic heterocycles. The van der Waals surface area contributed by atoms with Crippen LogP contribution < -0.4 is 11.0 Å². The first-order valence-electron chi connectivity index (χ1n) is 10.0. The molecule has 2 N–H and O–H groups in total. The van der Waals surface area contributed by atoms with Gasteiger partial charge >= 0.3 is 5.69 Å². The zero-order valence-electron chi connectivity index (χ0n) is 16.0. The molecule has 3 heterocycles. The van der Waals surface area contributed by atoms with Crippen LogP contribution in [0.3, 0.4) is 0 Å². The molecular weight excluding hydrogens is 358 g/mol. The minimum atomic E-state index is -0.213. The summed E-state index contributed by atoms with van der Waals surface area (Å²) in [6.45, 7) is 3.79. The second-order valence-corrected chi connectivity index (χ2v) is 7.55. The van der Waals surface area contributed by atoms with Crippen LogP contribution in [0.2, 0.25) is 0 Å². The van der Waals surface area contributed by atoms with Gasteiger partial charge < -0.3 is 15.0 Å². The molecule has 0 radical (unpaired) electrons. The van der Waals surface area contributed by atoms with E-state index in [1.54, 1.807) is 4.57 Å². The number of H-pyrrole nitrogens is 1. The lowest BCUT2D eigenvalue weighted by atomic mass is 9.93. The summed E-state index contributed by atoms with van der Waals surface area (Å²) in [6, 6.07) is 9.56. The Balaban J connectivity index is 1.33. The Morgan fingerprint density at radius 1 is 1.21 bits per heavy atom. The van der Waals surface area contributed by atoms with Crippen molar-refractivity contribution >= 4 is 5.91 Å². The average molecular weight is 385 g/mol. The second kappa shape index (κ2) is 8.70. The van der Waals surface area contributed by atoms with E-state index in [0.717, 1.165) is 57.0 Å². The number of nitrogens with one attached hydrogen (secondary N) is 2. The molecule has 2 aromatic rings. The summed E-state index contributed by atoms with van der Waals surface area (Å²) in [5.74, 6) is 1.34. The lowest BCUT2D eigenvalue weighted by Gasteiger charge is -2.33. The Morgan fingerprint density at radius 2 is 2.00 bits per heavy atom. The van der Waals surface area contributed by atoms with E-state index < -0.39 is 0 Å². The van der Waals surface area contributed by atoms with Crippen LogP contribution in [0.5, 0.6) is 0 Å². The van der Waals surface area contributed by atoms with Gasteiger partial charge in [-0.3, -0.25) is 4.79 Å². The van der Waals surface area contributed by atoms with E-state index >= 15 is 0 Å². The topological polar surface area (TPSA) is 92.2 Å². The smallest absolute Gasteiger partial charge is 0.347 e. The van der Waals surface area contributed by atoms with E-state index in [-0.39, 0.29) is 17.7 Å². The molecule has 1 atom stereocenters. The third-order valence-electron chi connectivity index (χ3n) is 5.60. The number of hydrogen-bond donors (Lipinski definition) is 2. The number of carbonyl (C=O) groups is 1. The van der Waals surface area contributed by atoms with Crippen LogP contribution in [-0.4, -0.2) is 64.5 Å². The Hall–Kier alpha value is -2.45. The summed E-state index contributed by atoms with van der Waals surface area (Å²) in [5, 5.41) is 10.1. The van der Waals surface area contributed by atoms with Gasteiger partial charge in [0.05, 0.1) is 24.8 Å². The van der Waals surface area contributed by atoms with Gasteiger partial charge in [-0.25, -0.2) is 14.5 Å². The molecule has 150 valence electrons. The Bertz CT molecular complexity index is 833. The van der Waals surface area contributed by atoms with Crippen molar-refractivity contribution in [2.45, 2.75) is 31.8 Å². The molecule has 1 aromatic carbocycles. The maximum absolute atomic E-state index is 12.5. The molecule has 8 nitrogen and oxygen atoms in total. The number of aromatic amines is 1. The zero-order chi connectivity index (χ0) is 19.3. The van der Waals surface area contributed by atoms with Gasteiger partial charge in [-0.1, -0.05) is 18.2 Å². The van der Waals surface area contributed by atoms with Gasteiger partial charge in [-0.05, 0) is 30.9 Å². The van der Waals surface area contributed by atoms with Crippen molar-refractivity contribution in [2.24, 2.45) is 5.92 Å². The largest absolute Gasteiger partial charge is 0.375 e. The zero-order valence-corrected chi connectivity index (χ0v) is 16.0. The molecule has 0 aliphatic carbocycles. The highest BCUT2D eigenvalue weighted by Gasteiger charge is 2.27. The molecule has 0 bridgehead atoms. The number of nitrogens with zero attached hydrogens (tertiary/aromatic N) is 3. The molecule has 1 aromatic heterocycles. The van der Waals surface area contributed by atoms with Crippen LogP contribution in [0.4, 0.5) is 0 Å². The fourth-order valence-corrected chi connectivity index (χ4v) is 4.03. The molecule has 2 aliphatic rings. The van der Waals surface area contributed by atoms with E-state index in [1.807, 2.05) is 35.2 Å². The highest BCUT2D eigenvalue weighted by Crippen LogP contribution is 2.22. The van der Waals surface area contributed by atoms with Crippen LogP contribution in [-0.2, 0) is 16.0 Å². The average Bonchev–Trinajstić information content (AvgIpc) is 3.10. The Morgan fingerprint density at radius 3 is 2.71 bits per heavy atom. The van der Waals surface area contributed by atoms with Crippen molar-refractivity contribution in [3.8, 4) is 5.69 Å². The van der Waals surface area contributed by atoms with Gasteiger partial charge in [0, 0.05) is 32.6 Å². The van der Waals surface area contributed by atoms with Gasteiger partial charge in [0.1, 0.15) is 5.82 Å². The summed E-state index contributed by atoms with van der Waals surface area (Å²) in [5.41, 5.74) is 0.611. The third-order valence-corrected chi connectivity index (χ3v) is 5.60. The fraction of sp³-hybridized carbons (Fsp3) is 0.550. The number of ether oxygens (including phenoxy) is 1. The number of likely N-dealkylation sites (tertiary alicyclic amines) is 1. The SMILES string of the molecule is O=C(C[C@@H]1CNCCO1)N1CCC(Cc2n[nH]c(=O)n2-c2ccccc2)CC1. The Kier molecular flexibility index (Phi) is 5.87. The molecule has 0 saturated carbocycles. The van der Waals surface area contributed by atoms with Crippen LogP contribution in [0, 0.1) is 5.92 Å². The number of hydrogen-bond acceptors (Lipinski definition) is 5. The van der Waals surface area contributed by atoms with Crippen LogP contribution in [0.25, 0.3) is 5.69 Å². The van der Waals surface area contributed by atoms with Gasteiger partial charge in [0.2, 0.25) is 5.91 Å². The molecule has 0 spiro atoms. The maximum atomic E-state index is 12.5. The minimum Gasteiger partial charge on any atom is -0.375 e.